The average molecular weight is 960 g/mol. The summed E-state index contributed by atoms with van der Waals surface area (Å²) in [6.45, 7) is 4.13. The van der Waals surface area contributed by atoms with Crippen molar-refractivity contribution in [2.45, 2.75) is 13.8 Å². The molecule has 356 valence electrons. The van der Waals surface area contributed by atoms with E-state index in [4.69, 9.17) is 15.0 Å². The number of aromatic nitrogens is 7. The maximum absolute atomic E-state index is 5.47. The van der Waals surface area contributed by atoms with Crippen LogP contribution in [0.1, 0.15) is 39.5 Å². The number of fused-ring (bicyclic) bond motifs is 8. The van der Waals surface area contributed by atoms with Gasteiger partial charge in [0, 0.05) is 69.0 Å². The molecule has 0 aliphatic carbocycles. The van der Waals surface area contributed by atoms with E-state index in [1.54, 1.807) is 7.05 Å². The highest BCUT2D eigenvalue weighted by Gasteiger charge is 2.19. The van der Waals surface area contributed by atoms with E-state index in [9.17, 15) is 0 Å². The third-order valence-electron chi connectivity index (χ3n) is 12.9. The van der Waals surface area contributed by atoms with Gasteiger partial charge in [-0.3, -0.25) is 4.99 Å². The molecular weight excluding hydrogens is 911 g/mol. The zero-order valence-corrected chi connectivity index (χ0v) is 40.9. The molecule has 2 aliphatic heterocycles. The van der Waals surface area contributed by atoms with Gasteiger partial charge in [0.05, 0.1) is 28.5 Å². The van der Waals surface area contributed by atoms with E-state index in [1.807, 2.05) is 60.8 Å². The number of nitrogens with zero attached hydrogens (tertiary/aromatic N) is 6. The molecule has 10 aromatic rings. The Labute approximate surface area is 428 Å². The zero-order valence-electron chi connectivity index (χ0n) is 40.9. The number of hydrogen-bond acceptors (Lipinski definition) is 9. The number of rotatable bonds is 11. The topological polar surface area (TPSA) is 144 Å². The van der Waals surface area contributed by atoms with Crippen LogP contribution in [0.5, 0.6) is 0 Å². The third-order valence-corrected chi connectivity index (χ3v) is 12.9. The number of H-pyrrole nitrogens is 2. The van der Waals surface area contributed by atoms with Crippen molar-refractivity contribution < 1.29 is 0 Å². The van der Waals surface area contributed by atoms with E-state index in [1.165, 1.54) is 0 Å². The Kier molecular flexibility index (Phi) is 12.0. The molecule has 74 heavy (non-hydrogen) atoms. The molecule has 0 fully saturated rings. The first kappa shape index (κ1) is 45.2. The Morgan fingerprint density at radius 1 is 0.392 bits per heavy atom. The lowest BCUT2D eigenvalue weighted by Gasteiger charge is -2.11. The number of benzene rings is 6. The molecule has 0 amide bonds. The summed E-state index contributed by atoms with van der Waals surface area (Å²) in [6, 6.07) is 62.6. The predicted molar refractivity (Wildman–Crippen MR) is 306 cm³/mol. The van der Waals surface area contributed by atoms with Crippen molar-refractivity contribution >= 4 is 87.5 Å². The smallest absolute Gasteiger partial charge is 0.233 e. The van der Waals surface area contributed by atoms with Gasteiger partial charge < -0.3 is 25.9 Å². The molecule has 6 aromatic carbocycles. The summed E-state index contributed by atoms with van der Waals surface area (Å²) in [5.41, 5.74) is 21.1. The molecule has 0 unspecified atom stereocenters. The molecule has 2 aliphatic rings. The molecule has 0 radical (unpaired) electrons. The summed E-state index contributed by atoms with van der Waals surface area (Å²) in [5, 5.41) is 9.74. The summed E-state index contributed by atoms with van der Waals surface area (Å²) >= 11 is 0. The molecule has 12 rings (SSSR count). The molecule has 11 nitrogen and oxygen atoms in total. The summed E-state index contributed by atoms with van der Waals surface area (Å²) in [6.07, 6.45) is 10.4. The van der Waals surface area contributed by atoms with Gasteiger partial charge in [-0.05, 0) is 138 Å². The Balaban J connectivity index is 0.945. The normalized spacial score (nSPS) is 11.8. The molecule has 6 heterocycles. The summed E-state index contributed by atoms with van der Waals surface area (Å²) in [4.78, 5) is 37.3. The van der Waals surface area contributed by atoms with Crippen LogP contribution < -0.4 is 16.0 Å². The fraction of sp³-hybridized carbons (Fsp3) is 0.0476. The molecule has 0 saturated heterocycles. The van der Waals surface area contributed by atoms with E-state index in [-0.39, 0.29) is 0 Å². The van der Waals surface area contributed by atoms with E-state index in [0.717, 1.165) is 123 Å². The number of aryl methyl sites for hydroxylation is 2. The molecule has 0 atom stereocenters. The minimum atomic E-state index is 0.400. The quantitative estimate of drug-likeness (QED) is 0.0806. The van der Waals surface area contributed by atoms with Crippen LogP contribution in [0.25, 0.3) is 90.9 Å². The first-order valence-corrected chi connectivity index (χ1v) is 24.5. The number of nitrogens with one attached hydrogen (secondary N) is 5. The first-order chi connectivity index (χ1) is 36.4. The fourth-order valence-corrected chi connectivity index (χ4v) is 9.70. The zero-order chi connectivity index (χ0) is 50.0. The first-order valence-electron chi connectivity index (χ1n) is 24.5. The monoisotopic (exact) mass is 959 g/mol. The van der Waals surface area contributed by atoms with Crippen LogP contribution in [0.3, 0.4) is 0 Å². The van der Waals surface area contributed by atoms with E-state index < -0.39 is 0 Å². The third kappa shape index (κ3) is 9.36. The lowest BCUT2D eigenvalue weighted by atomic mass is 10.0. The lowest BCUT2D eigenvalue weighted by Crippen LogP contribution is -2.07. The average Bonchev–Trinajstić information content (AvgIpc) is 4.28. The van der Waals surface area contributed by atoms with Crippen molar-refractivity contribution in [1.82, 2.24) is 34.9 Å². The van der Waals surface area contributed by atoms with Gasteiger partial charge in [0.15, 0.2) is 0 Å². The van der Waals surface area contributed by atoms with Gasteiger partial charge in [-0.1, -0.05) is 121 Å². The van der Waals surface area contributed by atoms with E-state index in [0.29, 0.717) is 17.8 Å². The Morgan fingerprint density at radius 3 is 1.26 bits per heavy atom. The highest BCUT2D eigenvalue weighted by molar-refractivity contribution is 6.00. The van der Waals surface area contributed by atoms with Crippen LogP contribution in [-0.2, 0) is 0 Å². The van der Waals surface area contributed by atoms with Crippen molar-refractivity contribution in [3.63, 3.8) is 0 Å². The highest BCUT2D eigenvalue weighted by atomic mass is 15.3. The molecule has 8 bridgehead atoms. The van der Waals surface area contributed by atoms with Gasteiger partial charge in [-0.2, -0.15) is 15.0 Å². The SMILES string of the molecule is CNc1nc(Nc2cc(C)cc(C)c2)nc(Nc2cccc(C=Nc3ccc(-c4c5nc(c(-c6ccccc6)c6ccc([nH]6)c(-c6ccccc6)c6nc(c(-c7ccccc7)c7ccc4[nH]7)C=C6)C=C5)cc3)c2)n1. The van der Waals surface area contributed by atoms with Crippen molar-refractivity contribution in [3.05, 3.63) is 221 Å². The highest BCUT2D eigenvalue weighted by Crippen LogP contribution is 2.39. The number of aliphatic imine (C=N–C) groups is 1. The number of hydrogen-bond donors (Lipinski definition) is 5. The molecule has 0 saturated carbocycles. The van der Waals surface area contributed by atoms with Gasteiger partial charge in [0.25, 0.3) is 0 Å². The number of anilines is 5. The van der Waals surface area contributed by atoms with Crippen LogP contribution in [0.15, 0.2) is 187 Å². The van der Waals surface area contributed by atoms with Crippen molar-refractivity contribution in [2.24, 2.45) is 4.99 Å². The second-order valence-corrected chi connectivity index (χ2v) is 18.2. The largest absolute Gasteiger partial charge is 0.357 e. The minimum absolute atomic E-state index is 0.400. The Hall–Kier alpha value is -10.0. The minimum Gasteiger partial charge on any atom is -0.357 e. The molecule has 11 heteroatoms. The van der Waals surface area contributed by atoms with Crippen molar-refractivity contribution in [2.75, 3.05) is 23.0 Å². The van der Waals surface area contributed by atoms with Gasteiger partial charge in [0.1, 0.15) is 0 Å². The standard InChI is InChI=1S/C63H49N11/c1-39-34-40(2)36-48(35-39)67-63-73-61(64-3)72-62(74-63)66-47-21-13-14-41(37-47)38-65-46-24-22-45(23-25-46)60-55-32-30-53(70-55)58(43-17-9-5-10-18-43)51-28-26-49(68-51)57(42-15-7-4-8-16-42)50-27-29-52(69-50)59(44-19-11-6-12-20-44)54-31-33-56(60)71-54/h4-38,68,71H,1-3H3,(H3,64,66,67,72,73,74). The Bertz CT molecular complexity index is 3950. The molecule has 5 N–H and O–H groups in total. The molecule has 4 aromatic heterocycles. The number of aromatic amines is 2. The van der Waals surface area contributed by atoms with Crippen LogP contribution >= 0.6 is 0 Å². The van der Waals surface area contributed by atoms with Crippen LogP contribution in [0.2, 0.25) is 0 Å². The van der Waals surface area contributed by atoms with Crippen molar-refractivity contribution in [3.8, 4) is 44.5 Å². The van der Waals surface area contributed by atoms with Crippen LogP contribution in [0.4, 0.5) is 34.9 Å². The van der Waals surface area contributed by atoms with E-state index >= 15 is 0 Å². The molecule has 0 spiro atoms. The van der Waals surface area contributed by atoms with Crippen molar-refractivity contribution in [1.29, 1.82) is 0 Å². The van der Waals surface area contributed by atoms with Gasteiger partial charge in [-0.25, -0.2) is 9.97 Å². The van der Waals surface area contributed by atoms with Gasteiger partial charge in [0.2, 0.25) is 17.8 Å². The summed E-state index contributed by atoms with van der Waals surface area (Å²) < 4.78 is 0. The summed E-state index contributed by atoms with van der Waals surface area (Å²) in [7, 11) is 1.78. The van der Waals surface area contributed by atoms with Gasteiger partial charge in [-0.15, -0.1) is 0 Å². The van der Waals surface area contributed by atoms with Crippen LogP contribution in [-0.4, -0.2) is 48.2 Å². The predicted octanol–water partition coefficient (Wildman–Crippen LogP) is 15.4. The molecular formula is C63H49N11. The lowest BCUT2D eigenvalue weighted by molar-refractivity contribution is 1.06. The maximum atomic E-state index is 5.47. The summed E-state index contributed by atoms with van der Waals surface area (Å²) in [5.74, 6) is 1.27. The Morgan fingerprint density at radius 2 is 0.811 bits per heavy atom. The second-order valence-electron chi connectivity index (χ2n) is 18.2. The maximum Gasteiger partial charge on any atom is 0.233 e. The fourth-order valence-electron chi connectivity index (χ4n) is 9.70. The van der Waals surface area contributed by atoms with E-state index in [2.05, 4.69) is 206 Å². The van der Waals surface area contributed by atoms with Gasteiger partial charge >= 0.3 is 0 Å². The second kappa shape index (κ2) is 19.7. The van der Waals surface area contributed by atoms with Crippen LogP contribution in [0, 0.1) is 13.8 Å².